The predicted octanol–water partition coefficient (Wildman–Crippen LogP) is 0.612. The summed E-state index contributed by atoms with van der Waals surface area (Å²) >= 11 is 0. The molecule has 1 fully saturated rings. The molecule has 3 heterocycles. The fourth-order valence-electron chi connectivity index (χ4n) is 4.42. The van der Waals surface area contributed by atoms with Crippen LogP contribution >= 0.6 is 0 Å². The lowest BCUT2D eigenvalue weighted by Crippen LogP contribution is -2.39. The van der Waals surface area contributed by atoms with Crippen molar-refractivity contribution in [1.29, 1.82) is 0 Å². The van der Waals surface area contributed by atoms with Crippen LogP contribution in [-0.4, -0.2) is 69.8 Å². The summed E-state index contributed by atoms with van der Waals surface area (Å²) in [6, 6.07) is 7.63. The van der Waals surface area contributed by atoms with Crippen LogP contribution in [0, 0.1) is 0 Å². The van der Waals surface area contributed by atoms with E-state index in [0.29, 0.717) is 41.7 Å². The first-order valence-corrected chi connectivity index (χ1v) is 13.6. The minimum atomic E-state index is -4.58. The Morgan fingerprint density at radius 3 is 2.57 bits per heavy atom. The van der Waals surface area contributed by atoms with Gasteiger partial charge in [-0.05, 0) is 30.7 Å². The molecule has 0 radical (unpaired) electrons. The van der Waals surface area contributed by atoms with E-state index in [1.165, 1.54) is 23.5 Å². The number of para-hydroxylation sites is 1. The summed E-state index contributed by atoms with van der Waals surface area (Å²) in [6.07, 6.45) is 0.592. The molecule has 0 aliphatic carbocycles. The molecule has 2 aliphatic heterocycles. The fraction of sp³-hybridized carbons (Fsp3) is 0.300. The van der Waals surface area contributed by atoms with Gasteiger partial charge in [-0.3, -0.25) is 0 Å². The van der Waals surface area contributed by atoms with Crippen LogP contribution in [-0.2, 0) is 20.0 Å². The van der Waals surface area contributed by atoms with E-state index in [0.717, 1.165) is 0 Å². The number of nitrogens with one attached hydrogen (secondary N) is 2. The number of hydrogen-bond acceptors (Lipinski definition) is 10. The van der Waals surface area contributed by atoms with Gasteiger partial charge in [0.15, 0.2) is 18.5 Å². The number of amidine groups is 1. The number of sulfonamides is 2. The Hall–Kier alpha value is -3.24. The maximum absolute atomic E-state index is 13.7. The number of primary sulfonamides is 1. The van der Waals surface area contributed by atoms with Crippen LogP contribution in [0.3, 0.4) is 0 Å². The summed E-state index contributed by atoms with van der Waals surface area (Å²) in [7, 11) is -7.41. The standard InChI is InChI=1S/C20H23N9O4S2/c1-29(11-7-8-23-9-11)35(32,33)15-6-5-12(13-3-2-4-14-17(13)27-20(21)26-14)16(18(15)34(22,30)31)19-24-10-25-28-19/h2-6,11,23H,7-10H2,1H3,(H3,21,26,27)(H2,22,30,31)/t11-/m0/s1. The number of nitrogen functional groups attached to an aromatic ring is 1. The van der Waals surface area contributed by atoms with E-state index < -0.39 is 29.8 Å². The largest absolute Gasteiger partial charge is 0.369 e. The number of aromatic nitrogens is 2. The monoisotopic (exact) mass is 517 g/mol. The first-order valence-electron chi connectivity index (χ1n) is 10.6. The third kappa shape index (κ3) is 4.00. The van der Waals surface area contributed by atoms with E-state index in [4.69, 9.17) is 10.9 Å². The number of aromatic amines is 1. The van der Waals surface area contributed by atoms with Crippen LogP contribution in [0.1, 0.15) is 12.0 Å². The Morgan fingerprint density at radius 1 is 1.11 bits per heavy atom. The Balaban J connectivity index is 1.84. The van der Waals surface area contributed by atoms with Crippen molar-refractivity contribution in [1.82, 2.24) is 19.6 Å². The van der Waals surface area contributed by atoms with Crippen molar-refractivity contribution in [3.05, 3.63) is 35.9 Å². The molecule has 6 N–H and O–H groups in total. The Labute approximate surface area is 201 Å². The van der Waals surface area contributed by atoms with Gasteiger partial charge < -0.3 is 16.0 Å². The Morgan fingerprint density at radius 2 is 1.91 bits per heavy atom. The molecule has 5 rings (SSSR count). The molecule has 13 nitrogen and oxygen atoms in total. The second-order valence-electron chi connectivity index (χ2n) is 8.22. The average molecular weight is 518 g/mol. The number of imidazole rings is 1. The van der Waals surface area contributed by atoms with Gasteiger partial charge in [0.2, 0.25) is 20.0 Å². The van der Waals surface area contributed by atoms with Gasteiger partial charge in [0, 0.05) is 25.2 Å². The van der Waals surface area contributed by atoms with Gasteiger partial charge in [0.1, 0.15) is 9.79 Å². The van der Waals surface area contributed by atoms with Crippen molar-refractivity contribution in [2.45, 2.75) is 22.3 Å². The van der Waals surface area contributed by atoms with Gasteiger partial charge in [-0.1, -0.05) is 18.2 Å². The Bertz CT molecular complexity index is 1600. The number of rotatable bonds is 6. The lowest BCUT2D eigenvalue weighted by Gasteiger charge is -2.25. The zero-order chi connectivity index (χ0) is 25.0. The lowest BCUT2D eigenvalue weighted by atomic mass is 9.97. The molecule has 0 amide bonds. The first kappa shape index (κ1) is 23.5. The number of nitrogens with zero attached hydrogens (tertiary/aromatic N) is 5. The van der Waals surface area contributed by atoms with Crippen LogP contribution in [0.5, 0.6) is 0 Å². The molecule has 0 bridgehead atoms. The van der Waals surface area contributed by atoms with Gasteiger partial charge >= 0.3 is 0 Å². The fourth-order valence-corrected chi connectivity index (χ4v) is 7.38. The summed E-state index contributed by atoms with van der Waals surface area (Å²) in [4.78, 5) is 10.4. The highest BCUT2D eigenvalue weighted by molar-refractivity contribution is 7.92. The van der Waals surface area contributed by atoms with Crippen LogP contribution < -0.4 is 16.2 Å². The van der Waals surface area contributed by atoms with Crippen LogP contribution in [0.4, 0.5) is 5.95 Å². The molecule has 1 saturated heterocycles. The highest BCUT2D eigenvalue weighted by Gasteiger charge is 2.37. The molecule has 0 spiro atoms. The molecule has 35 heavy (non-hydrogen) atoms. The summed E-state index contributed by atoms with van der Waals surface area (Å²) in [5.74, 6) is 0.135. The number of H-pyrrole nitrogens is 1. The minimum Gasteiger partial charge on any atom is -0.369 e. The zero-order valence-corrected chi connectivity index (χ0v) is 20.3. The third-order valence-electron chi connectivity index (χ3n) is 6.11. The Kier molecular flexibility index (Phi) is 5.68. The van der Waals surface area contributed by atoms with Crippen molar-refractivity contribution in [2.75, 3.05) is 32.5 Å². The number of benzene rings is 2. The molecular formula is C20H23N9O4S2. The van der Waals surface area contributed by atoms with Gasteiger partial charge in [-0.25, -0.2) is 32.0 Å². The highest BCUT2D eigenvalue weighted by atomic mass is 32.2. The van der Waals surface area contributed by atoms with E-state index in [2.05, 4.69) is 30.5 Å². The minimum absolute atomic E-state index is 0.0248. The third-order valence-corrected chi connectivity index (χ3v) is 9.18. The van der Waals surface area contributed by atoms with Gasteiger partial charge in [-0.15, -0.1) is 5.11 Å². The van der Waals surface area contributed by atoms with Crippen molar-refractivity contribution < 1.29 is 16.8 Å². The van der Waals surface area contributed by atoms with E-state index >= 15 is 0 Å². The van der Waals surface area contributed by atoms with E-state index in [1.54, 1.807) is 18.2 Å². The van der Waals surface area contributed by atoms with Crippen LogP contribution in [0.15, 0.2) is 55.3 Å². The van der Waals surface area contributed by atoms with Crippen molar-refractivity contribution >= 4 is 42.9 Å². The summed E-state index contributed by atoms with van der Waals surface area (Å²) in [5, 5.41) is 16.6. The topological polar surface area (TPSA) is 201 Å². The number of likely N-dealkylation sites (N-methyl/N-ethyl adjacent to an activating group) is 1. The van der Waals surface area contributed by atoms with Crippen molar-refractivity contribution in [2.24, 2.45) is 20.4 Å². The molecule has 2 aliphatic rings. The molecule has 1 atom stereocenters. The molecule has 3 aromatic rings. The number of azo groups is 1. The molecule has 1 aromatic heterocycles. The number of fused-ring (bicyclic) bond motifs is 1. The summed E-state index contributed by atoms with van der Waals surface area (Å²) in [6.45, 7) is 1.09. The van der Waals surface area contributed by atoms with Crippen LogP contribution in [0.2, 0.25) is 0 Å². The summed E-state index contributed by atoms with van der Waals surface area (Å²) < 4.78 is 54.5. The van der Waals surface area contributed by atoms with Crippen molar-refractivity contribution in [3.8, 4) is 11.1 Å². The molecule has 0 unspecified atom stereocenters. The summed E-state index contributed by atoms with van der Waals surface area (Å²) in [5.41, 5.74) is 7.69. The van der Waals surface area contributed by atoms with Gasteiger partial charge in [0.25, 0.3) is 0 Å². The van der Waals surface area contributed by atoms with E-state index in [9.17, 15) is 16.8 Å². The number of nitrogens with two attached hydrogens (primary N) is 2. The molecule has 2 aromatic carbocycles. The van der Waals surface area contributed by atoms with Crippen molar-refractivity contribution in [3.63, 3.8) is 0 Å². The van der Waals surface area contributed by atoms with Gasteiger partial charge in [-0.2, -0.15) is 9.42 Å². The quantitative estimate of drug-likeness (QED) is 0.366. The second kappa shape index (κ2) is 8.46. The average Bonchev–Trinajstić information content (AvgIpc) is 3.58. The number of hydrogen-bond donors (Lipinski definition) is 4. The number of aliphatic imine (C=N–C) groups is 1. The first-order chi connectivity index (χ1) is 16.6. The predicted molar refractivity (Wildman–Crippen MR) is 130 cm³/mol. The molecular weight excluding hydrogens is 494 g/mol. The normalized spacial score (nSPS) is 18.6. The zero-order valence-electron chi connectivity index (χ0n) is 18.6. The van der Waals surface area contributed by atoms with Gasteiger partial charge in [0.05, 0.1) is 16.6 Å². The van der Waals surface area contributed by atoms with Crippen LogP contribution in [0.25, 0.3) is 22.2 Å². The molecule has 184 valence electrons. The molecule has 15 heteroatoms. The van der Waals surface area contributed by atoms with E-state index in [1.807, 2.05) is 0 Å². The van der Waals surface area contributed by atoms with E-state index in [-0.39, 0.29) is 30.1 Å². The smallest absolute Gasteiger partial charge is 0.244 e. The SMILES string of the molecule is CN([C@H]1CCNC1)S(=O)(=O)c1ccc(-c2cccc3[nH]c(N)nc23)c(C2=NCN=N2)c1S(N)(=O)=O. The second-order valence-corrected chi connectivity index (χ2v) is 11.7. The lowest BCUT2D eigenvalue weighted by molar-refractivity contribution is 0.386. The maximum Gasteiger partial charge on any atom is 0.244 e. The molecule has 0 saturated carbocycles. The maximum atomic E-state index is 13.7. The highest BCUT2D eigenvalue weighted by Crippen LogP contribution is 2.38. The number of anilines is 1.